The number of halogens is 1. The average molecular weight is 253 g/mol. The van der Waals surface area contributed by atoms with Crippen LogP contribution in [0, 0.1) is 5.82 Å². The highest BCUT2D eigenvalue weighted by Gasteiger charge is 2.06. The van der Waals surface area contributed by atoms with Gasteiger partial charge in [0.2, 0.25) is 0 Å². The van der Waals surface area contributed by atoms with Crippen LogP contribution in [0.1, 0.15) is 0 Å². The fourth-order valence-electron chi connectivity index (χ4n) is 1.98. The lowest BCUT2D eigenvalue weighted by atomic mass is 10.1. The molecule has 3 aromatic rings. The van der Waals surface area contributed by atoms with Gasteiger partial charge < -0.3 is 11.1 Å². The van der Waals surface area contributed by atoms with Crippen LogP contribution in [0.25, 0.3) is 10.8 Å². The fourth-order valence-corrected chi connectivity index (χ4v) is 1.98. The molecule has 0 bridgehead atoms. The van der Waals surface area contributed by atoms with Gasteiger partial charge in [0.25, 0.3) is 0 Å². The van der Waals surface area contributed by atoms with Gasteiger partial charge in [-0.2, -0.15) is 0 Å². The number of benzene rings is 2. The fraction of sp³-hybridized carbons (Fsp3) is 0. The summed E-state index contributed by atoms with van der Waals surface area (Å²) >= 11 is 0. The van der Waals surface area contributed by atoms with Crippen LogP contribution in [-0.2, 0) is 0 Å². The van der Waals surface area contributed by atoms with E-state index in [2.05, 4.69) is 10.3 Å². The molecule has 0 radical (unpaired) electrons. The number of nitrogens with one attached hydrogen (secondary N) is 1. The Morgan fingerprint density at radius 1 is 1.05 bits per heavy atom. The Bertz CT molecular complexity index is 740. The van der Waals surface area contributed by atoms with Crippen LogP contribution in [0.2, 0.25) is 0 Å². The number of nitrogens with two attached hydrogens (primary N) is 1. The molecule has 3 nitrogen and oxygen atoms in total. The van der Waals surface area contributed by atoms with Crippen molar-refractivity contribution in [3.05, 3.63) is 60.5 Å². The van der Waals surface area contributed by atoms with Gasteiger partial charge in [0, 0.05) is 17.3 Å². The van der Waals surface area contributed by atoms with E-state index in [0.29, 0.717) is 17.2 Å². The lowest BCUT2D eigenvalue weighted by molar-refractivity contribution is 0.632. The van der Waals surface area contributed by atoms with E-state index in [1.807, 2.05) is 24.3 Å². The smallest absolute Gasteiger partial charge is 0.146 e. The van der Waals surface area contributed by atoms with Gasteiger partial charge in [-0.3, -0.25) is 0 Å². The molecule has 0 atom stereocenters. The predicted molar refractivity (Wildman–Crippen MR) is 75.8 cm³/mol. The summed E-state index contributed by atoms with van der Waals surface area (Å²) in [7, 11) is 0. The van der Waals surface area contributed by atoms with Crippen LogP contribution >= 0.6 is 0 Å². The minimum atomic E-state index is -0.315. The Morgan fingerprint density at radius 2 is 1.89 bits per heavy atom. The number of pyridine rings is 1. The van der Waals surface area contributed by atoms with E-state index in [-0.39, 0.29) is 5.82 Å². The molecule has 0 amide bonds. The van der Waals surface area contributed by atoms with E-state index in [1.54, 1.807) is 24.4 Å². The lowest BCUT2D eigenvalue weighted by Crippen LogP contribution is -1.97. The molecule has 0 fully saturated rings. The van der Waals surface area contributed by atoms with E-state index in [1.165, 1.54) is 6.07 Å². The quantitative estimate of drug-likeness (QED) is 0.685. The summed E-state index contributed by atoms with van der Waals surface area (Å²) in [6.07, 6.45) is 1.68. The molecular weight excluding hydrogens is 241 g/mol. The first-order valence-electron chi connectivity index (χ1n) is 5.90. The van der Waals surface area contributed by atoms with Crippen molar-refractivity contribution in [2.24, 2.45) is 0 Å². The molecule has 0 unspecified atom stereocenters. The topological polar surface area (TPSA) is 50.9 Å². The van der Waals surface area contributed by atoms with Crippen molar-refractivity contribution in [2.45, 2.75) is 0 Å². The van der Waals surface area contributed by atoms with Crippen LogP contribution in [0.4, 0.5) is 21.6 Å². The molecule has 94 valence electrons. The Kier molecular flexibility index (Phi) is 2.76. The Morgan fingerprint density at radius 3 is 2.74 bits per heavy atom. The SMILES string of the molecule is Nc1ccc2ccnc(Nc3ccccc3F)c2c1. The third-order valence-electron chi connectivity index (χ3n) is 2.92. The predicted octanol–water partition coefficient (Wildman–Crippen LogP) is 3.70. The van der Waals surface area contributed by atoms with Crippen molar-refractivity contribution in [3.63, 3.8) is 0 Å². The van der Waals surface area contributed by atoms with Crippen molar-refractivity contribution in [1.29, 1.82) is 0 Å². The Hall–Kier alpha value is -2.62. The standard InChI is InChI=1S/C15H12FN3/c16-13-3-1-2-4-14(13)19-15-12-9-11(17)6-5-10(12)7-8-18-15/h1-9H,17H2,(H,18,19). The summed E-state index contributed by atoms with van der Waals surface area (Å²) in [5.74, 6) is 0.278. The number of fused-ring (bicyclic) bond motifs is 1. The number of aromatic nitrogens is 1. The zero-order valence-corrected chi connectivity index (χ0v) is 10.1. The van der Waals surface area contributed by atoms with Gasteiger partial charge in [0.1, 0.15) is 11.6 Å². The minimum Gasteiger partial charge on any atom is -0.399 e. The van der Waals surface area contributed by atoms with E-state index in [9.17, 15) is 4.39 Å². The van der Waals surface area contributed by atoms with Crippen LogP contribution in [0.3, 0.4) is 0 Å². The second kappa shape index (κ2) is 4.57. The highest BCUT2D eigenvalue weighted by molar-refractivity contribution is 5.95. The molecule has 0 aliphatic carbocycles. The summed E-state index contributed by atoms with van der Waals surface area (Å²) in [6.45, 7) is 0. The maximum atomic E-state index is 13.6. The third-order valence-corrected chi connectivity index (χ3v) is 2.92. The summed E-state index contributed by atoms with van der Waals surface area (Å²) < 4.78 is 13.6. The molecule has 0 spiro atoms. The van der Waals surface area contributed by atoms with E-state index >= 15 is 0 Å². The van der Waals surface area contributed by atoms with Crippen molar-refractivity contribution >= 4 is 28.0 Å². The van der Waals surface area contributed by atoms with Crippen molar-refractivity contribution in [1.82, 2.24) is 4.98 Å². The maximum Gasteiger partial charge on any atom is 0.146 e. The minimum absolute atomic E-state index is 0.315. The lowest BCUT2D eigenvalue weighted by Gasteiger charge is -2.09. The van der Waals surface area contributed by atoms with Gasteiger partial charge in [0.15, 0.2) is 0 Å². The third kappa shape index (κ3) is 2.20. The highest BCUT2D eigenvalue weighted by atomic mass is 19.1. The average Bonchev–Trinajstić information content (AvgIpc) is 2.42. The molecule has 1 heterocycles. The van der Waals surface area contributed by atoms with Crippen LogP contribution < -0.4 is 11.1 Å². The molecule has 3 rings (SSSR count). The van der Waals surface area contributed by atoms with E-state index in [4.69, 9.17) is 5.73 Å². The van der Waals surface area contributed by atoms with Gasteiger partial charge in [-0.05, 0) is 35.7 Å². The van der Waals surface area contributed by atoms with Crippen LogP contribution in [0.5, 0.6) is 0 Å². The molecule has 0 aliphatic rings. The molecule has 1 aromatic heterocycles. The highest BCUT2D eigenvalue weighted by Crippen LogP contribution is 2.26. The maximum absolute atomic E-state index is 13.6. The zero-order chi connectivity index (χ0) is 13.2. The normalized spacial score (nSPS) is 10.6. The van der Waals surface area contributed by atoms with Gasteiger partial charge in [-0.1, -0.05) is 18.2 Å². The summed E-state index contributed by atoms with van der Waals surface area (Å²) in [4.78, 5) is 4.25. The monoisotopic (exact) mass is 253 g/mol. The van der Waals surface area contributed by atoms with Gasteiger partial charge >= 0.3 is 0 Å². The second-order valence-electron chi connectivity index (χ2n) is 4.24. The number of hydrogen-bond acceptors (Lipinski definition) is 3. The number of anilines is 3. The molecule has 0 saturated carbocycles. The van der Waals surface area contributed by atoms with E-state index < -0.39 is 0 Å². The largest absolute Gasteiger partial charge is 0.399 e. The van der Waals surface area contributed by atoms with Crippen LogP contribution in [0.15, 0.2) is 54.7 Å². The number of rotatable bonds is 2. The molecular formula is C15H12FN3. The second-order valence-corrected chi connectivity index (χ2v) is 4.24. The van der Waals surface area contributed by atoms with Gasteiger partial charge in [0.05, 0.1) is 5.69 Å². The Labute approximate surface area is 109 Å². The number of nitrogen functional groups attached to an aromatic ring is 1. The van der Waals surface area contributed by atoms with Crippen molar-refractivity contribution < 1.29 is 4.39 Å². The summed E-state index contributed by atoms with van der Waals surface area (Å²) in [5.41, 5.74) is 6.83. The number of nitrogens with zero attached hydrogens (tertiary/aromatic N) is 1. The van der Waals surface area contributed by atoms with Crippen molar-refractivity contribution in [2.75, 3.05) is 11.1 Å². The first kappa shape index (κ1) is 11.5. The first-order valence-corrected chi connectivity index (χ1v) is 5.90. The van der Waals surface area contributed by atoms with E-state index in [0.717, 1.165) is 10.8 Å². The first-order chi connectivity index (χ1) is 9.24. The Balaban J connectivity index is 2.10. The molecule has 0 saturated heterocycles. The molecule has 4 heteroatoms. The summed E-state index contributed by atoms with van der Waals surface area (Å²) in [5, 5.41) is 4.87. The molecule has 3 N–H and O–H groups in total. The zero-order valence-electron chi connectivity index (χ0n) is 10.1. The van der Waals surface area contributed by atoms with Crippen LogP contribution in [-0.4, -0.2) is 4.98 Å². The number of hydrogen-bond donors (Lipinski definition) is 2. The van der Waals surface area contributed by atoms with Gasteiger partial charge in [-0.15, -0.1) is 0 Å². The summed E-state index contributed by atoms with van der Waals surface area (Å²) in [6, 6.07) is 13.9. The molecule has 2 aromatic carbocycles. The molecule has 19 heavy (non-hydrogen) atoms. The van der Waals surface area contributed by atoms with Crippen molar-refractivity contribution in [3.8, 4) is 0 Å². The molecule has 0 aliphatic heterocycles. The number of para-hydroxylation sites is 1. The van der Waals surface area contributed by atoms with Gasteiger partial charge in [-0.25, -0.2) is 9.37 Å².